The Hall–Kier alpha value is -1.57. The summed E-state index contributed by atoms with van der Waals surface area (Å²) < 4.78 is 25.4. The van der Waals surface area contributed by atoms with Crippen molar-refractivity contribution in [1.29, 1.82) is 0 Å². The van der Waals surface area contributed by atoms with E-state index in [1.54, 1.807) is 41.5 Å². The predicted molar refractivity (Wildman–Crippen MR) is 90.7 cm³/mol. The van der Waals surface area contributed by atoms with E-state index in [0.717, 1.165) is 6.42 Å². The number of rotatable bonds is 2. The van der Waals surface area contributed by atoms with E-state index in [4.69, 9.17) is 9.47 Å². The Morgan fingerprint density at radius 3 is 2.20 bits per heavy atom. The number of piperidine rings is 1. The maximum Gasteiger partial charge on any atom is 0.422 e. The number of nitrogens with zero attached hydrogens (tertiary/aromatic N) is 1. The normalized spacial score (nSPS) is 29.3. The van der Waals surface area contributed by atoms with Crippen molar-refractivity contribution in [2.75, 3.05) is 0 Å². The molecular formula is C17H30FN3O4. The lowest BCUT2D eigenvalue weighted by atomic mass is 9.96. The van der Waals surface area contributed by atoms with E-state index in [1.807, 2.05) is 0 Å². The van der Waals surface area contributed by atoms with Crippen LogP contribution in [0, 0.1) is 0 Å². The summed E-state index contributed by atoms with van der Waals surface area (Å²) in [6.07, 6.45) is -0.679. The summed E-state index contributed by atoms with van der Waals surface area (Å²) in [7, 11) is 0. The molecule has 8 heteroatoms. The molecule has 7 nitrogen and oxygen atoms in total. The summed E-state index contributed by atoms with van der Waals surface area (Å²) in [5.74, 6) is 0. The maximum absolute atomic E-state index is 14.9. The fourth-order valence-electron chi connectivity index (χ4n) is 3.34. The summed E-state index contributed by atoms with van der Waals surface area (Å²) >= 11 is 0. The van der Waals surface area contributed by atoms with Crippen LogP contribution in [0.4, 0.5) is 14.0 Å². The molecule has 0 saturated carbocycles. The van der Waals surface area contributed by atoms with Crippen molar-refractivity contribution in [3.05, 3.63) is 0 Å². The first-order chi connectivity index (χ1) is 11.4. The minimum atomic E-state index is -1.29. The van der Waals surface area contributed by atoms with Gasteiger partial charge in [0.05, 0.1) is 12.1 Å². The summed E-state index contributed by atoms with van der Waals surface area (Å²) in [4.78, 5) is 25.6. The van der Waals surface area contributed by atoms with Gasteiger partial charge in [-0.25, -0.2) is 19.4 Å². The van der Waals surface area contributed by atoms with Crippen LogP contribution in [0.1, 0.15) is 60.8 Å². The zero-order chi connectivity index (χ0) is 19.0. The van der Waals surface area contributed by atoms with Crippen LogP contribution in [0.3, 0.4) is 0 Å². The lowest BCUT2D eigenvalue weighted by Crippen LogP contribution is -2.61. The Bertz CT molecular complexity index is 515. The van der Waals surface area contributed by atoms with E-state index in [1.165, 1.54) is 4.90 Å². The third-order valence-electron chi connectivity index (χ3n) is 4.19. The monoisotopic (exact) mass is 359 g/mol. The number of nitrogens with one attached hydrogen (secondary N) is 2. The maximum atomic E-state index is 14.9. The number of hydrazine groups is 1. The summed E-state index contributed by atoms with van der Waals surface area (Å²) in [6.45, 7) is 10.6. The van der Waals surface area contributed by atoms with Gasteiger partial charge in [-0.2, -0.15) is 0 Å². The van der Waals surface area contributed by atoms with Crippen molar-refractivity contribution in [1.82, 2.24) is 15.8 Å². The van der Waals surface area contributed by atoms with Crippen molar-refractivity contribution in [2.45, 2.75) is 96.3 Å². The molecule has 0 aromatic rings. The molecule has 0 aromatic heterocycles. The number of fused-ring (bicyclic) bond motifs is 2. The van der Waals surface area contributed by atoms with Gasteiger partial charge in [-0.15, -0.1) is 0 Å². The second kappa shape index (κ2) is 6.97. The third-order valence-corrected chi connectivity index (χ3v) is 4.19. The van der Waals surface area contributed by atoms with E-state index >= 15 is 0 Å². The molecule has 2 rings (SSSR count). The first-order valence-electron chi connectivity index (χ1n) is 8.77. The van der Waals surface area contributed by atoms with Gasteiger partial charge in [0.25, 0.3) is 0 Å². The molecule has 4 atom stereocenters. The average molecular weight is 359 g/mol. The molecule has 0 aromatic carbocycles. The molecule has 2 fully saturated rings. The highest BCUT2D eigenvalue weighted by Gasteiger charge is 2.51. The van der Waals surface area contributed by atoms with E-state index < -0.39 is 41.6 Å². The van der Waals surface area contributed by atoms with Crippen LogP contribution in [-0.4, -0.2) is 52.6 Å². The number of amides is 2. The number of hydrogen-bond donors (Lipinski definition) is 2. The molecule has 144 valence electrons. The molecule has 25 heavy (non-hydrogen) atoms. The summed E-state index contributed by atoms with van der Waals surface area (Å²) in [5, 5.41) is 0. The fourth-order valence-corrected chi connectivity index (χ4v) is 3.34. The predicted octanol–water partition coefficient (Wildman–Crippen LogP) is 2.89. The quantitative estimate of drug-likeness (QED) is 0.741. The fraction of sp³-hybridized carbons (Fsp3) is 0.882. The van der Waals surface area contributed by atoms with Crippen molar-refractivity contribution in [2.24, 2.45) is 0 Å². The van der Waals surface area contributed by atoms with E-state index in [-0.39, 0.29) is 6.04 Å². The van der Waals surface area contributed by atoms with Gasteiger partial charge < -0.3 is 9.47 Å². The number of halogens is 1. The van der Waals surface area contributed by atoms with Crippen molar-refractivity contribution >= 4 is 12.2 Å². The Balaban J connectivity index is 1.93. The van der Waals surface area contributed by atoms with Crippen molar-refractivity contribution in [3.8, 4) is 0 Å². The first kappa shape index (κ1) is 19.8. The van der Waals surface area contributed by atoms with Gasteiger partial charge in [-0.1, -0.05) is 0 Å². The number of alkyl halides is 1. The van der Waals surface area contributed by atoms with Crippen LogP contribution in [0.5, 0.6) is 0 Å². The minimum absolute atomic E-state index is 0.0928. The van der Waals surface area contributed by atoms with Gasteiger partial charge >= 0.3 is 12.2 Å². The minimum Gasteiger partial charge on any atom is -0.444 e. The highest BCUT2D eigenvalue weighted by Crippen LogP contribution is 2.38. The van der Waals surface area contributed by atoms with E-state index in [2.05, 4.69) is 10.9 Å². The molecule has 4 unspecified atom stereocenters. The highest BCUT2D eigenvalue weighted by atomic mass is 19.1. The van der Waals surface area contributed by atoms with Gasteiger partial charge in [0.15, 0.2) is 0 Å². The molecule has 2 aliphatic rings. The first-order valence-corrected chi connectivity index (χ1v) is 8.77. The molecular weight excluding hydrogens is 329 g/mol. The lowest BCUT2D eigenvalue weighted by molar-refractivity contribution is -0.0159. The Morgan fingerprint density at radius 1 is 1.04 bits per heavy atom. The number of ether oxygens (including phenoxy) is 2. The van der Waals surface area contributed by atoms with Crippen LogP contribution >= 0.6 is 0 Å². The number of carbonyl (C=O) groups excluding carboxylic acids is 2. The topological polar surface area (TPSA) is 79.9 Å². The molecule has 2 bridgehead atoms. The number of carbonyl (C=O) groups is 2. The van der Waals surface area contributed by atoms with Crippen molar-refractivity contribution in [3.63, 3.8) is 0 Å². The highest BCUT2D eigenvalue weighted by molar-refractivity contribution is 5.70. The number of hydrogen-bond acceptors (Lipinski definition) is 5. The van der Waals surface area contributed by atoms with Crippen molar-refractivity contribution < 1.29 is 23.5 Å². The zero-order valence-corrected chi connectivity index (χ0v) is 15.9. The standard InChI is InChI=1S/C17H30FN3O4/c1-16(2,3)24-14(22)20-19-11-9-10-7-8-12(13(11)18)21(10)15(23)25-17(4,5)6/h10-13,19H,7-9H2,1-6H3,(H,20,22). The van der Waals surface area contributed by atoms with Gasteiger partial charge in [0.2, 0.25) is 0 Å². The summed E-state index contributed by atoms with van der Waals surface area (Å²) in [6, 6.07) is -1.19. The molecule has 0 aliphatic carbocycles. The average Bonchev–Trinajstić information content (AvgIpc) is 2.75. The lowest BCUT2D eigenvalue weighted by Gasteiger charge is -2.41. The molecule has 2 aliphatic heterocycles. The van der Waals surface area contributed by atoms with Crippen LogP contribution < -0.4 is 10.9 Å². The van der Waals surface area contributed by atoms with E-state index in [0.29, 0.717) is 12.8 Å². The van der Waals surface area contributed by atoms with Crippen LogP contribution in [0.15, 0.2) is 0 Å². The zero-order valence-electron chi connectivity index (χ0n) is 15.9. The van der Waals surface area contributed by atoms with Crippen LogP contribution in [0.25, 0.3) is 0 Å². The van der Waals surface area contributed by atoms with Crippen LogP contribution in [-0.2, 0) is 9.47 Å². The van der Waals surface area contributed by atoms with Gasteiger partial charge in [0.1, 0.15) is 17.4 Å². The van der Waals surface area contributed by atoms with Gasteiger partial charge in [-0.3, -0.25) is 10.3 Å². The molecule has 2 amide bonds. The van der Waals surface area contributed by atoms with Gasteiger partial charge in [-0.05, 0) is 60.8 Å². The molecule has 2 heterocycles. The third kappa shape index (κ3) is 5.20. The summed E-state index contributed by atoms with van der Waals surface area (Å²) in [5.41, 5.74) is 3.89. The van der Waals surface area contributed by atoms with Crippen LogP contribution in [0.2, 0.25) is 0 Å². The molecule has 2 saturated heterocycles. The Kier molecular flexibility index (Phi) is 5.51. The molecule has 0 radical (unpaired) electrons. The molecule has 2 N–H and O–H groups in total. The second-order valence-electron chi connectivity index (χ2n) is 8.74. The molecule has 0 spiro atoms. The Labute approximate surface area is 148 Å². The SMILES string of the molecule is CC(C)(C)OC(=O)NNC1CC2CCC(C1F)N2C(=O)OC(C)(C)C. The van der Waals surface area contributed by atoms with Gasteiger partial charge in [0, 0.05) is 6.04 Å². The Morgan fingerprint density at radius 2 is 1.64 bits per heavy atom. The second-order valence-corrected chi connectivity index (χ2v) is 8.74. The smallest absolute Gasteiger partial charge is 0.422 e. The largest absolute Gasteiger partial charge is 0.444 e. The van der Waals surface area contributed by atoms with E-state index in [9.17, 15) is 14.0 Å².